The highest BCUT2D eigenvalue weighted by atomic mass is 35.5. The topological polar surface area (TPSA) is 87.0 Å². The molecule has 0 radical (unpaired) electrons. The van der Waals surface area contributed by atoms with Crippen molar-refractivity contribution in [1.29, 1.82) is 0 Å². The molecule has 0 spiro atoms. The zero-order chi connectivity index (χ0) is 29.1. The number of aliphatic hydroxyl groups is 1. The summed E-state index contributed by atoms with van der Waals surface area (Å²) in [4.78, 5) is 26.9. The summed E-state index contributed by atoms with van der Waals surface area (Å²) in [6, 6.07) is 20.4. The van der Waals surface area contributed by atoms with Gasteiger partial charge in [0.2, 0.25) is 5.43 Å². The van der Waals surface area contributed by atoms with E-state index in [1.54, 1.807) is 44.2 Å². The molecule has 208 valence electrons. The van der Waals surface area contributed by atoms with E-state index in [9.17, 15) is 14.7 Å². The van der Waals surface area contributed by atoms with Gasteiger partial charge in [0.15, 0.2) is 6.10 Å². The number of aliphatic hydroxyl groups excluding tert-OH is 1. The quantitative estimate of drug-likeness (QED) is 0.154. The number of carbonyl (C=O) groups is 1. The van der Waals surface area contributed by atoms with Gasteiger partial charge >= 0.3 is 5.97 Å². The molecule has 0 aliphatic carbocycles. The maximum atomic E-state index is 14.0. The summed E-state index contributed by atoms with van der Waals surface area (Å²) >= 11 is 6.20. The van der Waals surface area contributed by atoms with Crippen LogP contribution in [0.5, 0.6) is 11.5 Å². The second-order valence-electron chi connectivity index (χ2n) is 10.7. The predicted molar refractivity (Wildman–Crippen MR) is 161 cm³/mol. The number of methoxy groups -OCH3 is 1. The fourth-order valence-corrected chi connectivity index (χ4v) is 5.89. The molecule has 5 aromatic rings. The van der Waals surface area contributed by atoms with E-state index in [1.165, 1.54) is 13.2 Å². The Kier molecular flexibility index (Phi) is 6.52. The number of hydrogen-bond donors (Lipinski definition) is 1. The molecule has 0 fully saturated rings. The zero-order valence-electron chi connectivity index (χ0n) is 23.0. The van der Waals surface area contributed by atoms with Crippen molar-refractivity contribution in [1.82, 2.24) is 4.57 Å². The van der Waals surface area contributed by atoms with Crippen LogP contribution in [0.25, 0.3) is 38.7 Å². The van der Waals surface area contributed by atoms with Crippen LogP contribution in [0.15, 0.2) is 77.6 Å². The molecule has 1 aromatic heterocycles. The van der Waals surface area contributed by atoms with Crippen molar-refractivity contribution < 1.29 is 24.1 Å². The summed E-state index contributed by atoms with van der Waals surface area (Å²) in [6.45, 7) is 3.47. The third-order valence-electron chi connectivity index (χ3n) is 7.71. The van der Waals surface area contributed by atoms with Gasteiger partial charge in [0.1, 0.15) is 23.2 Å². The van der Waals surface area contributed by atoms with Crippen LogP contribution < -0.4 is 14.9 Å². The third kappa shape index (κ3) is 4.42. The van der Waals surface area contributed by atoms with Crippen molar-refractivity contribution >= 4 is 56.2 Å². The van der Waals surface area contributed by atoms with Gasteiger partial charge in [-0.05, 0) is 54.5 Å². The van der Waals surface area contributed by atoms with E-state index in [-0.39, 0.29) is 5.43 Å². The molecule has 7 nitrogen and oxygen atoms in total. The first-order valence-electron chi connectivity index (χ1n) is 13.2. The first-order valence-corrected chi connectivity index (χ1v) is 13.5. The lowest BCUT2D eigenvalue weighted by molar-refractivity contribution is -0.171. The third-order valence-corrected chi connectivity index (χ3v) is 8.05. The molecule has 6 rings (SSSR count). The Morgan fingerprint density at radius 1 is 1.07 bits per heavy atom. The summed E-state index contributed by atoms with van der Waals surface area (Å²) in [7, 11) is 3.32. The Bertz CT molecular complexity index is 1960. The monoisotopic (exact) mass is 569 g/mol. The summed E-state index contributed by atoms with van der Waals surface area (Å²) in [6.07, 6.45) is 0.433. The molecule has 0 bridgehead atoms. The van der Waals surface area contributed by atoms with E-state index >= 15 is 0 Å². The predicted octanol–water partition coefficient (Wildman–Crippen LogP) is 6.34. The van der Waals surface area contributed by atoms with Crippen LogP contribution in [-0.4, -0.2) is 34.5 Å². The van der Waals surface area contributed by atoms with Gasteiger partial charge in [-0.3, -0.25) is 4.79 Å². The maximum absolute atomic E-state index is 14.0. The lowest BCUT2D eigenvalue weighted by Crippen LogP contribution is -2.51. The lowest BCUT2D eigenvalue weighted by atomic mass is 9.86. The molecule has 2 heterocycles. The second kappa shape index (κ2) is 9.94. The fraction of sp³-hybridized carbons (Fsp3) is 0.212. The highest BCUT2D eigenvalue weighted by Crippen LogP contribution is 2.47. The smallest absolute Gasteiger partial charge is 0.331 e. The van der Waals surface area contributed by atoms with Crippen molar-refractivity contribution in [3.05, 3.63) is 99.2 Å². The van der Waals surface area contributed by atoms with Crippen LogP contribution in [-0.2, 0) is 16.6 Å². The van der Waals surface area contributed by atoms with Crippen molar-refractivity contribution in [3.63, 3.8) is 0 Å². The highest BCUT2D eigenvalue weighted by molar-refractivity contribution is 6.32. The van der Waals surface area contributed by atoms with Gasteiger partial charge in [0.05, 0.1) is 29.1 Å². The first-order chi connectivity index (χ1) is 19.6. The lowest BCUT2D eigenvalue weighted by Gasteiger charge is -2.42. The van der Waals surface area contributed by atoms with Gasteiger partial charge in [0.25, 0.3) is 0 Å². The number of hydrogen-bond acceptors (Lipinski definition) is 6. The van der Waals surface area contributed by atoms with E-state index in [2.05, 4.69) is 0 Å². The standard InChI is InChI=1S/C33H28ClNO6/c1-33(2)32(40-26(36)14-13-18-9-7-8-12-22(18)34)31(38)28-25(41-33)17-24(39-4)27-29(28)35(3)23-16-20-11-6-5-10-19(20)15-21(23)30(27)37/h5-17,31-32,38H,1-4H3/t31-,32-/m0/s1. The number of rotatable bonds is 4. The number of esters is 1. The molecule has 8 heteroatoms. The summed E-state index contributed by atoms with van der Waals surface area (Å²) in [5, 5.41) is 15.0. The summed E-state index contributed by atoms with van der Waals surface area (Å²) in [5.41, 5.74) is 0.802. The first kappa shape index (κ1) is 26.9. The number of carbonyl (C=O) groups excluding carboxylic acids is 1. The van der Waals surface area contributed by atoms with Gasteiger partial charge in [-0.25, -0.2) is 4.79 Å². The van der Waals surface area contributed by atoms with Crippen LogP contribution in [0.1, 0.15) is 31.1 Å². The number of aromatic nitrogens is 1. The molecular formula is C33H28ClNO6. The van der Waals surface area contributed by atoms with Crippen molar-refractivity contribution in [3.8, 4) is 11.5 Å². The Balaban J connectivity index is 1.51. The van der Waals surface area contributed by atoms with E-state index in [0.29, 0.717) is 49.5 Å². The SMILES string of the molecule is COc1cc2c(c3c1c(=O)c1cc4ccccc4cc1n3C)[C@H](O)[C@H](OC(=O)C=Cc1ccccc1Cl)C(C)(C)O2. The van der Waals surface area contributed by atoms with Crippen LogP contribution in [0.3, 0.4) is 0 Å². The molecule has 1 N–H and O–H groups in total. The Morgan fingerprint density at radius 2 is 1.76 bits per heavy atom. The van der Waals surface area contributed by atoms with Crippen molar-refractivity contribution in [2.45, 2.75) is 31.7 Å². The minimum Gasteiger partial charge on any atom is -0.496 e. The van der Waals surface area contributed by atoms with Crippen molar-refractivity contribution in [2.24, 2.45) is 7.05 Å². The molecule has 0 unspecified atom stereocenters. The zero-order valence-corrected chi connectivity index (χ0v) is 23.7. The normalized spacial score (nSPS) is 18.0. The van der Waals surface area contributed by atoms with Gasteiger partial charge in [-0.2, -0.15) is 0 Å². The molecule has 0 amide bonds. The van der Waals surface area contributed by atoms with E-state index < -0.39 is 23.8 Å². The Labute approximate surface area is 241 Å². The van der Waals surface area contributed by atoms with Gasteiger partial charge in [0, 0.05) is 29.6 Å². The Morgan fingerprint density at radius 3 is 2.46 bits per heavy atom. The van der Waals surface area contributed by atoms with Crippen LogP contribution in [0.2, 0.25) is 5.02 Å². The molecule has 2 atom stereocenters. The molecule has 0 saturated heterocycles. The number of halogens is 1. The van der Waals surface area contributed by atoms with Gasteiger partial charge in [-0.1, -0.05) is 54.1 Å². The molecule has 0 saturated carbocycles. The van der Waals surface area contributed by atoms with E-state index in [0.717, 1.165) is 10.8 Å². The number of benzene rings is 4. The van der Waals surface area contributed by atoms with Crippen LogP contribution in [0, 0.1) is 0 Å². The second-order valence-corrected chi connectivity index (χ2v) is 11.1. The summed E-state index contributed by atoms with van der Waals surface area (Å²) in [5.74, 6) is 0.00847. The highest BCUT2D eigenvalue weighted by Gasteiger charge is 2.47. The molecular weight excluding hydrogens is 542 g/mol. The van der Waals surface area contributed by atoms with Gasteiger partial charge < -0.3 is 23.9 Å². The number of pyridine rings is 1. The summed E-state index contributed by atoms with van der Waals surface area (Å²) < 4.78 is 19.7. The maximum Gasteiger partial charge on any atom is 0.331 e. The fourth-order valence-electron chi connectivity index (χ4n) is 5.69. The van der Waals surface area contributed by atoms with Gasteiger partial charge in [-0.15, -0.1) is 0 Å². The molecule has 4 aromatic carbocycles. The minimum atomic E-state index is -1.30. The Hall–Kier alpha value is -4.33. The molecule has 1 aliphatic rings. The number of aryl methyl sites for hydroxylation is 1. The number of nitrogens with zero attached hydrogens (tertiary/aromatic N) is 1. The van der Waals surface area contributed by atoms with Crippen molar-refractivity contribution in [2.75, 3.05) is 7.11 Å². The number of fused-ring (bicyclic) bond motifs is 5. The largest absolute Gasteiger partial charge is 0.496 e. The average molecular weight is 570 g/mol. The minimum absolute atomic E-state index is 0.230. The average Bonchev–Trinajstić information content (AvgIpc) is 2.95. The van der Waals surface area contributed by atoms with Crippen LogP contribution >= 0.6 is 11.6 Å². The molecule has 41 heavy (non-hydrogen) atoms. The molecule has 1 aliphatic heterocycles. The van der Waals surface area contributed by atoms with E-state index in [1.807, 2.05) is 54.1 Å². The number of ether oxygens (including phenoxy) is 3. The van der Waals surface area contributed by atoms with E-state index in [4.69, 9.17) is 25.8 Å². The van der Waals surface area contributed by atoms with Crippen LogP contribution in [0.4, 0.5) is 0 Å².